The summed E-state index contributed by atoms with van der Waals surface area (Å²) in [6, 6.07) is 1.30. The van der Waals surface area contributed by atoms with Crippen LogP contribution >= 0.6 is 0 Å². The summed E-state index contributed by atoms with van der Waals surface area (Å²) in [5, 5.41) is 0. The summed E-state index contributed by atoms with van der Waals surface area (Å²) in [4.78, 5) is 38.0. The highest BCUT2D eigenvalue weighted by molar-refractivity contribution is 6.83. The van der Waals surface area contributed by atoms with Crippen molar-refractivity contribution in [2.24, 2.45) is 5.92 Å². The molecule has 1 aromatic rings. The molecule has 1 N–H and O–H groups in total. The zero-order chi connectivity index (χ0) is 26.1. The molecule has 0 bridgehead atoms. The van der Waals surface area contributed by atoms with Gasteiger partial charge < -0.3 is 22.5 Å². The summed E-state index contributed by atoms with van der Waals surface area (Å²) >= 11 is 0. The Labute approximate surface area is 210 Å². The lowest BCUT2D eigenvalue weighted by molar-refractivity contribution is -0.108. The van der Waals surface area contributed by atoms with E-state index in [-0.39, 0.29) is 28.1 Å². The van der Waals surface area contributed by atoms with Gasteiger partial charge in [0.2, 0.25) is 0 Å². The topological polar surface area (TPSA) is 109 Å². The highest BCUT2D eigenvalue weighted by Gasteiger charge is 2.61. The highest BCUT2D eigenvalue weighted by atomic mass is 28.5. The Hall–Kier alpha value is -1.38. The number of aldehydes is 1. The second-order valence-electron chi connectivity index (χ2n) is 11.0. The fraction of sp³-hybridized carbons (Fsp3) is 0.792. The molecule has 35 heavy (non-hydrogen) atoms. The van der Waals surface area contributed by atoms with Crippen molar-refractivity contribution >= 4 is 23.4 Å². The van der Waals surface area contributed by atoms with Gasteiger partial charge in [-0.25, -0.2) is 4.79 Å². The zero-order valence-corrected chi connectivity index (χ0v) is 24.3. The molecule has 11 heteroatoms. The van der Waals surface area contributed by atoms with Crippen LogP contribution < -0.4 is 11.2 Å². The Kier molecular flexibility index (Phi) is 8.81. The van der Waals surface area contributed by atoms with Gasteiger partial charge in [-0.05, 0) is 28.6 Å². The molecule has 1 aromatic heterocycles. The first-order valence-electron chi connectivity index (χ1n) is 12.8. The summed E-state index contributed by atoms with van der Waals surface area (Å²) in [5.41, 5.74) is -0.307. The van der Waals surface area contributed by atoms with Crippen LogP contribution in [-0.4, -0.2) is 51.8 Å². The molecule has 0 aromatic carbocycles. The van der Waals surface area contributed by atoms with E-state index in [0.29, 0.717) is 19.4 Å². The van der Waals surface area contributed by atoms with Crippen LogP contribution in [0.4, 0.5) is 0 Å². The molecule has 0 radical (unpaired) electrons. The van der Waals surface area contributed by atoms with Crippen LogP contribution in [0.15, 0.2) is 21.9 Å². The lowest BCUT2D eigenvalue weighted by Crippen LogP contribution is -2.65. The Morgan fingerprint density at radius 2 is 1.63 bits per heavy atom. The molecule has 198 valence electrons. The standard InChI is InChI=1S/C24H42N2O7Si2/c1-15(2)34(16(3)4)30-14-20-22(32-35(33-34,17(5)6)18(7)8)19(10-9-13-27)23(31-20)26-12-11-21(28)25-24(26)29/h11-13,15-20,22-23H,9-10,14H2,1-8H3,(H,25,28,29)/t19-,20-,22+,23-/m1/s1. The van der Waals surface area contributed by atoms with Gasteiger partial charge in [0.05, 0.1) is 12.7 Å². The van der Waals surface area contributed by atoms with E-state index in [1.54, 1.807) is 0 Å². The Balaban J connectivity index is 2.14. The Morgan fingerprint density at radius 1 is 1.03 bits per heavy atom. The van der Waals surface area contributed by atoms with Gasteiger partial charge in [0.15, 0.2) is 0 Å². The number of carbonyl (C=O) groups excluding carboxylic acids is 1. The minimum Gasteiger partial charge on any atom is -0.414 e. The van der Waals surface area contributed by atoms with Gasteiger partial charge in [-0.15, -0.1) is 0 Å². The van der Waals surface area contributed by atoms with Gasteiger partial charge in [0.1, 0.15) is 18.6 Å². The molecule has 0 amide bonds. The van der Waals surface area contributed by atoms with Crippen LogP contribution in [0.25, 0.3) is 0 Å². The molecule has 0 saturated carbocycles. The number of aromatic nitrogens is 2. The summed E-state index contributed by atoms with van der Waals surface area (Å²) in [6.45, 7) is 17.6. The average molecular weight is 527 g/mol. The monoisotopic (exact) mass is 526 g/mol. The van der Waals surface area contributed by atoms with Gasteiger partial charge in [-0.3, -0.25) is 14.3 Å². The molecule has 2 fully saturated rings. The van der Waals surface area contributed by atoms with Crippen molar-refractivity contribution in [1.82, 2.24) is 9.55 Å². The molecule has 0 unspecified atom stereocenters. The van der Waals surface area contributed by atoms with Crippen LogP contribution in [0.3, 0.4) is 0 Å². The van der Waals surface area contributed by atoms with Crippen LogP contribution in [0.2, 0.25) is 22.2 Å². The van der Waals surface area contributed by atoms with Crippen molar-refractivity contribution < 1.29 is 22.5 Å². The molecular weight excluding hydrogens is 484 g/mol. The fourth-order valence-electron chi connectivity index (χ4n) is 5.70. The molecule has 0 spiro atoms. The summed E-state index contributed by atoms with van der Waals surface area (Å²) in [6.07, 6.45) is 1.61. The maximum atomic E-state index is 12.7. The largest absolute Gasteiger partial charge is 0.414 e. The Morgan fingerprint density at radius 3 is 2.14 bits per heavy atom. The number of H-pyrrole nitrogens is 1. The Bertz CT molecular complexity index is 975. The highest BCUT2D eigenvalue weighted by Crippen LogP contribution is 2.50. The van der Waals surface area contributed by atoms with E-state index in [1.165, 1.54) is 16.8 Å². The van der Waals surface area contributed by atoms with Crippen molar-refractivity contribution in [3.05, 3.63) is 33.1 Å². The smallest absolute Gasteiger partial charge is 0.335 e. The van der Waals surface area contributed by atoms with E-state index in [1.807, 2.05) is 0 Å². The van der Waals surface area contributed by atoms with Crippen LogP contribution in [0.5, 0.6) is 0 Å². The lowest BCUT2D eigenvalue weighted by atomic mass is 9.94. The van der Waals surface area contributed by atoms with Crippen LogP contribution in [-0.2, 0) is 22.5 Å². The molecule has 4 atom stereocenters. The van der Waals surface area contributed by atoms with E-state index in [4.69, 9.17) is 17.7 Å². The van der Waals surface area contributed by atoms with Crippen molar-refractivity contribution in [3.63, 3.8) is 0 Å². The van der Waals surface area contributed by atoms with E-state index >= 15 is 0 Å². The van der Waals surface area contributed by atoms with Crippen molar-refractivity contribution in [1.29, 1.82) is 0 Å². The zero-order valence-electron chi connectivity index (χ0n) is 22.3. The van der Waals surface area contributed by atoms with Crippen molar-refractivity contribution in [3.8, 4) is 0 Å². The molecule has 2 aliphatic heterocycles. The summed E-state index contributed by atoms with van der Waals surface area (Å²) in [5.74, 6) is -0.280. The maximum Gasteiger partial charge on any atom is 0.335 e. The lowest BCUT2D eigenvalue weighted by Gasteiger charge is -2.51. The van der Waals surface area contributed by atoms with E-state index < -0.39 is 46.8 Å². The average Bonchev–Trinajstić information content (AvgIpc) is 3.07. The first-order valence-corrected chi connectivity index (χ1v) is 16.8. The quantitative estimate of drug-likeness (QED) is 0.403. The van der Waals surface area contributed by atoms with Gasteiger partial charge in [0.25, 0.3) is 5.56 Å². The second kappa shape index (κ2) is 10.9. The van der Waals surface area contributed by atoms with Gasteiger partial charge in [-0.2, -0.15) is 0 Å². The SMILES string of the molecule is CC(C)[Si]1(C(C)C)OC[C@H]2O[C@@H](n3ccc(=O)[nH]c3=O)[C@H](CCC=O)[C@@H]2O[Si](C(C)C)(C(C)C)O1. The fourth-order valence-corrected chi connectivity index (χ4v) is 16.9. The first kappa shape index (κ1) is 28.2. The molecule has 9 nitrogen and oxygen atoms in total. The third-order valence-electron chi connectivity index (χ3n) is 7.54. The number of ether oxygens (including phenoxy) is 1. The molecule has 3 rings (SSSR count). The number of aromatic amines is 1. The summed E-state index contributed by atoms with van der Waals surface area (Å²) < 4.78 is 29.1. The predicted octanol–water partition coefficient (Wildman–Crippen LogP) is 3.99. The van der Waals surface area contributed by atoms with E-state index in [0.717, 1.165) is 6.29 Å². The molecule has 0 aliphatic carbocycles. The number of carbonyl (C=O) groups is 1. The van der Waals surface area contributed by atoms with Gasteiger partial charge in [0, 0.05) is 24.6 Å². The number of fused-ring (bicyclic) bond motifs is 1. The molecule has 3 heterocycles. The first-order chi connectivity index (χ1) is 16.4. The normalized spacial score (nSPS) is 28.3. The third kappa shape index (κ3) is 5.21. The molecular formula is C24H42N2O7Si2. The van der Waals surface area contributed by atoms with Gasteiger partial charge >= 0.3 is 22.8 Å². The minimum absolute atomic E-state index is 0.149. The minimum atomic E-state index is -2.88. The summed E-state index contributed by atoms with van der Waals surface area (Å²) in [7, 11) is -5.60. The van der Waals surface area contributed by atoms with Crippen molar-refractivity contribution in [2.45, 2.75) is 109 Å². The van der Waals surface area contributed by atoms with Gasteiger partial charge in [-0.1, -0.05) is 55.4 Å². The van der Waals surface area contributed by atoms with Crippen molar-refractivity contribution in [2.75, 3.05) is 6.61 Å². The maximum absolute atomic E-state index is 12.7. The number of hydrogen-bond donors (Lipinski definition) is 1. The van der Waals surface area contributed by atoms with E-state index in [9.17, 15) is 14.4 Å². The number of nitrogens with zero attached hydrogens (tertiary/aromatic N) is 1. The predicted molar refractivity (Wildman–Crippen MR) is 138 cm³/mol. The van der Waals surface area contributed by atoms with Crippen LogP contribution in [0.1, 0.15) is 74.5 Å². The van der Waals surface area contributed by atoms with Crippen LogP contribution in [0, 0.1) is 5.92 Å². The second-order valence-corrected chi connectivity index (χ2v) is 19.9. The molecule has 2 saturated heterocycles. The molecule has 2 aliphatic rings. The number of hydrogen-bond acceptors (Lipinski definition) is 7. The number of rotatable bonds is 8. The third-order valence-corrected chi connectivity index (χ3v) is 17.8. The number of nitrogens with one attached hydrogen (secondary N) is 1. The van der Waals surface area contributed by atoms with E-state index in [2.05, 4.69) is 60.4 Å².